The lowest BCUT2D eigenvalue weighted by atomic mass is 10.2. The van der Waals surface area contributed by atoms with E-state index in [1.165, 1.54) is 11.8 Å². The molecule has 0 spiro atoms. The molecular weight excluding hydrogens is 524 g/mol. The fourth-order valence-corrected chi connectivity index (χ4v) is 4.53. The summed E-state index contributed by atoms with van der Waals surface area (Å²) in [6.45, 7) is 2.22. The number of thioether (sulfide) groups is 1. The van der Waals surface area contributed by atoms with Crippen LogP contribution in [-0.4, -0.2) is 26.4 Å². The van der Waals surface area contributed by atoms with Crippen LogP contribution in [0.3, 0.4) is 0 Å². The highest BCUT2D eigenvalue weighted by molar-refractivity contribution is 9.10. The van der Waals surface area contributed by atoms with Gasteiger partial charge in [-0.15, -0.1) is 10.2 Å². The van der Waals surface area contributed by atoms with Gasteiger partial charge in [0.2, 0.25) is 5.91 Å². The number of halogens is 2. The molecule has 0 unspecified atom stereocenters. The summed E-state index contributed by atoms with van der Waals surface area (Å²) in [5.74, 6) is 1.38. The third kappa shape index (κ3) is 6.16. The summed E-state index contributed by atoms with van der Waals surface area (Å²) in [4.78, 5) is 12.6. The van der Waals surface area contributed by atoms with Crippen molar-refractivity contribution in [1.82, 2.24) is 14.8 Å². The Labute approximate surface area is 209 Å². The molecule has 0 bridgehead atoms. The molecule has 9 heteroatoms. The molecule has 0 saturated carbocycles. The number of nitrogens with one attached hydrogen (secondary N) is 1. The van der Waals surface area contributed by atoms with Crippen molar-refractivity contribution in [3.63, 3.8) is 0 Å². The lowest BCUT2D eigenvalue weighted by molar-refractivity contribution is -0.113. The van der Waals surface area contributed by atoms with Gasteiger partial charge in [-0.1, -0.05) is 47.6 Å². The zero-order chi connectivity index (χ0) is 23.2. The number of hydrogen-bond donors (Lipinski definition) is 1. The smallest absolute Gasteiger partial charge is 0.234 e. The van der Waals surface area contributed by atoms with Gasteiger partial charge in [0.1, 0.15) is 12.4 Å². The van der Waals surface area contributed by atoms with Gasteiger partial charge in [-0.05, 0) is 76.9 Å². The van der Waals surface area contributed by atoms with Gasteiger partial charge < -0.3 is 10.1 Å². The van der Waals surface area contributed by atoms with Crippen molar-refractivity contribution in [3.8, 4) is 11.4 Å². The van der Waals surface area contributed by atoms with Crippen LogP contribution in [0.2, 0.25) is 5.02 Å². The van der Waals surface area contributed by atoms with Gasteiger partial charge in [-0.3, -0.25) is 9.36 Å². The Bertz CT molecular complexity index is 1250. The van der Waals surface area contributed by atoms with Gasteiger partial charge in [-0.25, -0.2) is 0 Å². The largest absolute Gasteiger partial charge is 0.486 e. The zero-order valence-corrected chi connectivity index (χ0v) is 20.8. The summed E-state index contributed by atoms with van der Waals surface area (Å²) < 4.78 is 8.59. The zero-order valence-electron chi connectivity index (χ0n) is 17.7. The van der Waals surface area contributed by atoms with E-state index in [9.17, 15) is 4.79 Å². The Balaban J connectivity index is 1.51. The Morgan fingerprint density at radius 3 is 2.58 bits per heavy atom. The maximum Gasteiger partial charge on any atom is 0.234 e. The van der Waals surface area contributed by atoms with Crippen LogP contribution < -0.4 is 10.1 Å². The van der Waals surface area contributed by atoms with E-state index >= 15 is 0 Å². The van der Waals surface area contributed by atoms with E-state index < -0.39 is 0 Å². The summed E-state index contributed by atoms with van der Waals surface area (Å²) in [7, 11) is 0. The van der Waals surface area contributed by atoms with Crippen LogP contribution in [0.1, 0.15) is 11.4 Å². The number of amides is 1. The second-order valence-electron chi connectivity index (χ2n) is 7.13. The number of nitrogens with zero attached hydrogens (tertiary/aromatic N) is 3. The number of aryl methyl sites for hydroxylation is 1. The third-order valence-electron chi connectivity index (χ3n) is 4.63. The van der Waals surface area contributed by atoms with Crippen molar-refractivity contribution in [2.24, 2.45) is 0 Å². The maximum atomic E-state index is 12.6. The maximum absolute atomic E-state index is 12.6. The van der Waals surface area contributed by atoms with Gasteiger partial charge in [0.25, 0.3) is 0 Å². The monoisotopic (exact) mass is 542 g/mol. The molecule has 1 heterocycles. The van der Waals surface area contributed by atoms with Crippen molar-refractivity contribution in [2.75, 3.05) is 11.1 Å². The van der Waals surface area contributed by atoms with E-state index in [4.69, 9.17) is 16.3 Å². The van der Waals surface area contributed by atoms with Gasteiger partial charge in [0, 0.05) is 15.2 Å². The average molecular weight is 544 g/mol. The van der Waals surface area contributed by atoms with Crippen LogP contribution in [0.15, 0.2) is 82.4 Å². The van der Waals surface area contributed by atoms with Crippen molar-refractivity contribution >= 4 is 50.9 Å². The first-order valence-electron chi connectivity index (χ1n) is 10.1. The number of para-hydroxylation sites is 1. The first-order valence-corrected chi connectivity index (χ1v) is 12.2. The molecule has 0 radical (unpaired) electrons. The lowest BCUT2D eigenvalue weighted by Crippen LogP contribution is -2.15. The molecule has 0 aliphatic heterocycles. The molecule has 33 heavy (non-hydrogen) atoms. The van der Waals surface area contributed by atoms with Crippen molar-refractivity contribution in [1.29, 1.82) is 0 Å². The highest BCUT2D eigenvalue weighted by Crippen LogP contribution is 2.26. The van der Waals surface area contributed by atoms with Crippen LogP contribution in [0, 0.1) is 6.92 Å². The van der Waals surface area contributed by atoms with E-state index in [1.807, 2.05) is 72.2 Å². The highest BCUT2D eigenvalue weighted by atomic mass is 79.9. The van der Waals surface area contributed by atoms with Gasteiger partial charge >= 0.3 is 0 Å². The molecule has 4 aromatic rings. The van der Waals surface area contributed by atoms with E-state index in [1.54, 1.807) is 12.1 Å². The summed E-state index contributed by atoms with van der Waals surface area (Å²) in [6.07, 6.45) is 0. The molecule has 0 aliphatic rings. The van der Waals surface area contributed by atoms with E-state index in [0.717, 1.165) is 27.2 Å². The lowest BCUT2D eigenvalue weighted by Gasteiger charge is -2.12. The number of carbonyl (C=O) groups excluding carboxylic acids is 1. The van der Waals surface area contributed by atoms with E-state index in [0.29, 0.717) is 16.0 Å². The first kappa shape index (κ1) is 23.4. The predicted octanol–water partition coefficient (Wildman–Crippen LogP) is 6.30. The molecule has 4 rings (SSSR count). The molecule has 0 aliphatic carbocycles. The minimum Gasteiger partial charge on any atom is -0.486 e. The topological polar surface area (TPSA) is 69.0 Å². The van der Waals surface area contributed by atoms with Crippen molar-refractivity contribution in [3.05, 3.63) is 93.7 Å². The van der Waals surface area contributed by atoms with Crippen LogP contribution in [0.25, 0.3) is 5.69 Å². The molecule has 168 valence electrons. The van der Waals surface area contributed by atoms with Crippen molar-refractivity contribution in [2.45, 2.75) is 18.7 Å². The molecule has 1 amide bonds. The normalized spacial score (nSPS) is 10.8. The van der Waals surface area contributed by atoms with E-state index in [-0.39, 0.29) is 18.3 Å². The molecule has 0 atom stereocenters. The number of benzene rings is 3. The predicted molar refractivity (Wildman–Crippen MR) is 135 cm³/mol. The van der Waals surface area contributed by atoms with Crippen LogP contribution in [0.5, 0.6) is 5.75 Å². The summed E-state index contributed by atoms with van der Waals surface area (Å²) in [5.41, 5.74) is 2.66. The van der Waals surface area contributed by atoms with Gasteiger partial charge in [0.15, 0.2) is 11.0 Å². The SMILES string of the molecule is Cc1ccc(NC(=O)CSc2nnc(COc3ccccc3)n2-c2ccc(Cl)cc2)c(Br)c1. The Kier molecular flexibility index (Phi) is 7.69. The Morgan fingerprint density at radius 2 is 1.85 bits per heavy atom. The fourth-order valence-electron chi connectivity index (χ4n) is 3.04. The summed E-state index contributed by atoms with van der Waals surface area (Å²) >= 11 is 10.9. The molecule has 3 aromatic carbocycles. The molecular formula is C24H20BrClN4O2S. The standard InChI is InChI=1S/C24H20BrClN4O2S/c1-16-7-12-21(20(25)13-16)27-23(31)15-33-24-29-28-22(14-32-19-5-3-2-4-6-19)30(24)18-10-8-17(26)9-11-18/h2-13H,14-15H2,1H3,(H,27,31). The number of rotatable bonds is 8. The number of aromatic nitrogens is 3. The van der Waals surface area contributed by atoms with Gasteiger partial charge in [-0.2, -0.15) is 0 Å². The second-order valence-corrected chi connectivity index (χ2v) is 9.37. The first-order chi connectivity index (χ1) is 16.0. The van der Waals surface area contributed by atoms with Crippen LogP contribution in [-0.2, 0) is 11.4 Å². The highest BCUT2D eigenvalue weighted by Gasteiger charge is 2.17. The molecule has 6 nitrogen and oxygen atoms in total. The van der Waals surface area contributed by atoms with Crippen molar-refractivity contribution < 1.29 is 9.53 Å². The van der Waals surface area contributed by atoms with Gasteiger partial charge in [0.05, 0.1) is 11.4 Å². The van der Waals surface area contributed by atoms with Crippen LogP contribution >= 0.6 is 39.3 Å². The average Bonchev–Trinajstić information content (AvgIpc) is 3.22. The second kappa shape index (κ2) is 10.9. The minimum absolute atomic E-state index is 0.141. The molecule has 1 aromatic heterocycles. The molecule has 0 saturated heterocycles. The van der Waals surface area contributed by atoms with E-state index in [2.05, 4.69) is 31.4 Å². The Morgan fingerprint density at radius 1 is 1.09 bits per heavy atom. The third-order valence-corrected chi connectivity index (χ3v) is 6.46. The number of carbonyl (C=O) groups is 1. The molecule has 0 fully saturated rings. The number of ether oxygens (including phenoxy) is 1. The number of anilines is 1. The minimum atomic E-state index is -0.141. The Hall–Kier alpha value is -2.81. The summed E-state index contributed by atoms with van der Waals surface area (Å²) in [5, 5.41) is 12.8. The quantitative estimate of drug-likeness (QED) is 0.264. The van der Waals surface area contributed by atoms with Crippen LogP contribution in [0.4, 0.5) is 5.69 Å². The molecule has 1 N–H and O–H groups in total. The fraction of sp³-hybridized carbons (Fsp3) is 0.125. The summed E-state index contributed by atoms with van der Waals surface area (Å²) in [6, 6.07) is 22.6. The number of hydrogen-bond acceptors (Lipinski definition) is 5.